The van der Waals surface area contributed by atoms with Crippen LogP contribution in [0.3, 0.4) is 0 Å². The number of quaternary nitrogens is 1. The third kappa shape index (κ3) is 38.8. The van der Waals surface area contributed by atoms with Gasteiger partial charge in [-0.2, -0.15) is 0 Å². The zero-order chi connectivity index (χ0) is 42.8. The number of carboxylic acids is 1. The smallest absolute Gasteiger partial charge is 0.362 e. The van der Waals surface area contributed by atoms with E-state index in [-0.39, 0.29) is 36.2 Å². The molecular formula is C50H90NO7+. The number of hydrogen-bond acceptors (Lipinski definition) is 6. The van der Waals surface area contributed by atoms with E-state index in [0.717, 1.165) is 77.0 Å². The Hall–Kier alpha value is -2.71. The molecule has 0 saturated heterocycles. The van der Waals surface area contributed by atoms with E-state index in [1.165, 1.54) is 89.9 Å². The van der Waals surface area contributed by atoms with Crippen LogP contribution in [-0.4, -0.2) is 80.6 Å². The van der Waals surface area contributed by atoms with Crippen molar-refractivity contribution in [3.05, 3.63) is 48.6 Å². The van der Waals surface area contributed by atoms with E-state index in [1.54, 1.807) is 0 Å². The van der Waals surface area contributed by atoms with Gasteiger partial charge in [0, 0.05) is 19.3 Å². The predicted molar refractivity (Wildman–Crippen MR) is 243 cm³/mol. The Kier molecular flexibility index (Phi) is 39.1. The average molecular weight is 817 g/mol. The lowest BCUT2D eigenvalue weighted by Gasteiger charge is -2.31. The molecule has 0 aromatic carbocycles. The lowest BCUT2D eigenvalue weighted by atomic mass is 10.1. The monoisotopic (exact) mass is 817 g/mol. The molecule has 0 aromatic heterocycles. The second-order valence-corrected chi connectivity index (χ2v) is 17.1. The minimum Gasteiger partial charge on any atom is -0.477 e. The maximum Gasteiger partial charge on any atom is 0.362 e. The Morgan fingerprint density at radius 3 is 1.38 bits per heavy atom. The molecule has 0 aliphatic rings. The fourth-order valence-electron chi connectivity index (χ4n) is 6.79. The van der Waals surface area contributed by atoms with Gasteiger partial charge in [0.1, 0.15) is 6.61 Å². The molecule has 58 heavy (non-hydrogen) atoms. The van der Waals surface area contributed by atoms with Crippen LogP contribution in [0.15, 0.2) is 48.6 Å². The number of esters is 2. The van der Waals surface area contributed by atoms with E-state index >= 15 is 0 Å². The van der Waals surface area contributed by atoms with E-state index in [1.807, 2.05) is 21.1 Å². The number of carbonyl (C=O) groups is 3. The van der Waals surface area contributed by atoms with Gasteiger partial charge < -0.3 is 23.8 Å². The van der Waals surface area contributed by atoms with Gasteiger partial charge in [0.05, 0.1) is 34.4 Å². The third-order valence-electron chi connectivity index (χ3n) is 10.5. The first kappa shape index (κ1) is 55.3. The Bertz CT molecular complexity index is 1090. The maximum atomic E-state index is 12.7. The van der Waals surface area contributed by atoms with Crippen LogP contribution in [0.2, 0.25) is 0 Å². The van der Waals surface area contributed by atoms with Crippen LogP contribution in [0.1, 0.15) is 200 Å². The van der Waals surface area contributed by atoms with Crippen molar-refractivity contribution >= 4 is 17.9 Å². The largest absolute Gasteiger partial charge is 0.477 e. The average Bonchev–Trinajstić information content (AvgIpc) is 3.18. The molecule has 2 atom stereocenters. The van der Waals surface area contributed by atoms with E-state index < -0.39 is 18.1 Å². The van der Waals surface area contributed by atoms with Crippen LogP contribution in [0.4, 0.5) is 0 Å². The Balaban J connectivity index is 4.36. The van der Waals surface area contributed by atoms with E-state index in [4.69, 9.17) is 14.2 Å². The normalized spacial score (nSPS) is 13.3. The van der Waals surface area contributed by atoms with E-state index in [2.05, 4.69) is 62.5 Å². The zero-order valence-corrected chi connectivity index (χ0v) is 38.2. The Labute approximate surface area is 356 Å². The minimum atomic E-state index is -0.880. The van der Waals surface area contributed by atoms with E-state index in [9.17, 15) is 19.5 Å². The molecule has 0 aliphatic carbocycles. The summed E-state index contributed by atoms with van der Waals surface area (Å²) in [5, 5.41) is 9.63. The first-order valence-corrected chi connectivity index (χ1v) is 23.7. The number of carboxylic acid groups (broad SMARTS) is 1. The van der Waals surface area contributed by atoms with Crippen molar-refractivity contribution in [2.75, 3.05) is 41.0 Å². The van der Waals surface area contributed by atoms with Gasteiger partial charge in [0.15, 0.2) is 12.1 Å². The first-order valence-electron chi connectivity index (χ1n) is 23.7. The highest BCUT2D eigenvalue weighted by Gasteiger charge is 2.31. The topological polar surface area (TPSA) is 99.1 Å². The summed E-state index contributed by atoms with van der Waals surface area (Å²) in [5.41, 5.74) is 0. The van der Waals surface area contributed by atoms with Crippen molar-refractivity contribution in [2.24, 2.45) is 0 Å². The number of unbranched alkanes of at least 4 members (excludes halogenated alkanes) is 22. The summed E-state index contributed by atoms with van der Waals surface area (Å²) in [5.74, 6) is -1.50. The second-order valence-electron chi connectivity index (χ2n) is 17.1. The van der Waals surface area contributed by atoms with Crippen LogP contribution < -0.4 is 0 Å². The van der Waals surface area contributed by atoms with Gasteiger partial charge in [-0.25, -0.2) is 4.79 Å². The molecule has 0 rings (SSSR count). The Morgan fingerprint density at radius 1 is 0.517 bits per heavy atom. The zero-order valence-electron chi connectivity index (χ0n) is 38.2. The van der Waals surface area contributed by atoms with Gasteiger partial charge >= 0.3 is 17.9 Å². The number of allylic oxidation sites excluding steroid dienone is 8. The summed E-state index contributed by atoms with van der Waals surface area (Å²) in [4.78, 5) is 37.0. The van der Waals surface area contributed by atoms with Gasteiger partial charge in [-0.3, -0.25) is 9.59 Å². The molecule has 0 heterocycles. The molecule has 0 aliphatic heterocycles. The van der Waals surface area contributed by atoms with Crippen LogP contribution in [-0.2, 0) is 28.6 Å². The van der Waals surface area contributed by atoms with Gasteiger partial charge in [-0.15, -0.1) is 0 Å². The van der Waals surface area contributed by atoms with Gasteiger partial charge in [-0.05, 0) is 64.2 Å². The molecular weight excluding hydrogens is 727 g/mol. The summed E-state index contributed by atoms with van der Waals surface area (Å²) in [6.45, 7) is 4.69. The fourth-order valence-corrected chi connectivity index (χ4v) is 6.79. The minimum absolute atomic E-state index is 0.0507. The second kappa shape index (κ2) is 41.0. The molecule has 0 amide bonds. The molecule has 0 fully saturated rings. The molecule has 8 heteroatoms. The van der Waals surface area contributed by atoms with Gasteiger partial charge in [0.25, 0.3) is 0 Å². The van der Waals surface area contributed by atoms with Crippen molar-refractivity contribution in [2.45, 2.75) is 212 Å². The Morgan fingerprint density at radius 2 is 0.931 bits per heavy atom. The standard InChI is InChI=1S/C50H89NO7/c1-6-8-10-12-14-16-18-20-22-24-25-27-28-30-32-34-36-38-40-48(52)57-45-46(44-56-43-42-47(50(54)55)51(3,4)5)58-49(53)41-39-37-35-33-31-29-26-23-21-19-17-15-13-11-9-7-2/h18,20,22-27,46-47H,6-17,19,21,28-45H2,1-5H3/p+1/b20-18+,24-22+,26-23+,27-25+. The molecule has 0 bridgehead atoms. The highest BCUT2D eigenvalue weighted by molar-refractivity contribution is 5.72. The number of rotatable bonds is 42. The number of aliphatic carboxylic acids is 1. The predicted octanol–water partition coefficient (Wildman–Crippen LogP) is 13.2. The van der Waals surface area contributed by atoms with Gasteiger partial charge in [-0.1, -0.05) is 165 Å². The highest BCUT2D eigenvalue weighted by atomic mass is 16.6. The lowest BCUT2D eigenvalue weighted by Crippen LogP contribution is -2.50. The number of hydrogen-bond donors (Lipinski definition) is 1. The van der Waals surface area contributed by atoms with Crippen molar-refractivity contribution in [1.29, 1.82) is 0 Å². The molecule has 0 aromatic rings. The summed E-state index contributed by atoms with van der Waals surface area (Å²) in [6, 6.07) is -0.620. The quantitative estimate of drug-likeness (QED) is 0.0215. The van der Waals surface area contributed by atoms with Crippen LogP contribution in [0.5, 0.6) is 0 Å². The van der Waals surface area contributed by atoms with Gasteiger partial charge in [0.2, 0.25) is 0 Å². The number of carbonyl (C=O) groups excluding carboxylic acids is 2. The number of likely N-dealkylation sites (N-methyl/N-ethyl adjacent to an activating group) is 1. The van der Waals surface area contributed by atoms with E-state index in [0.29, 0.717) is 19.3 Å². The molecule has 2 unspecified atom stereocenters. The SMILES string of the molecule is CCCCCCC/C=C/C=C/C=C/CCCCCCCC(=O)OCC(COCCC(C(=O)O)[N+](C)(C)C)OC(=O)CCCCCCC/C=C/CCCCCCCCC. The van der Waals surface area contributed by atoms with Crippen molar-refractivity contribution in [3.63, 3.8) is 0 Å². The van der Waals surface area contributed by atoms with Crippen molar-refractivity contribution < 1.29 is 38.2 Å². The van der Waals surface area contributed by atoms with Crippen LogP contribution in [0.25, 0.3) is 0 Å². The summed E-state index contributed by atoms with van der Waals surface area (Å²) >= 11 is 0. The first-order chi connectivity index (χ1) is 28.1. The molecule has 336 valence electrons. The maximum absolute atomic E-state index is 12.7. The highest BCUT2D eigenvalue weighted by Crippen LogP contribution is 2.14. The molecule has 1 N–H and O–H groups in total. The van der Waals surface area contributed by atoms with Crippen LogP contribution in [0, 0.1) is 0 Å². The van der Waals surface area contributed by atoms with Crippen molar-refractivity contribution in [1.82, 2.24) is 0 Å². The van der Waals surface area contributed by atoms with Crippen molar-refractivity contribution in [3.8, 4) is 0 Å². The van der Waals surface area contributed by atoms with Crippen LogP contribution >= 0.6 is 0 Å². The molecule has 8 nitrogen and oxygen atoms in total. The molecule has 0 saturated carbocycles. The molecule has 0 spiro atoms. The third-order valence-corrected chi connectivity index (χ3v) is 10.5. The fraction of sp³-hybridized carbons (Fsp3) is 0.780. The summed E-state index contributed by atoms with van der Waals surface area (Å²) in [7, 11) is 5.52. The summed E-state index contributed by atoms with van der Waals surface area (Å²) in [6.07, 6.45) is 48.6. The lowest BCUT2D eigenvalue weighted by molar-refractivity contribution is -0.887. The summed E-state index contributed by atoms with van der Waals surface area (Å²) < 4.78 is 17.3. The number of ether oxygens (including phenoxy) is 3. The molecule has 0 radical (unpaired) electrons. The number of nitrogens with zero attached hydrogens (tertiary/aromatic N) is 1.